The fourth-order valence-corrected chi connectivity index (χ4v) is 3.74. The van der Waals surface area contributed by atoms with Crippen LogP contribution in [-0.2, 0) is 23.9 Å². The van der Waals surface area contributed by atoms with Crippen molar-refractivity contribution < 1.29 is 33.8 Å². The molecule has 0 fully saturated rings. The average molecular weight is 522 g/mol. The van der Waals surface area contributed by atoms with Crippen molar-refractivity contribution in [3.63, 3.8) is 0 Å². The van der Waals surface area contributed by atoms with Crippen molar-refractivity contribution in [3.05, 3.63) is 29.8 Å². The van der Waals surface area contributed by atoms with Gasteiger partial charge in [-0.2, -0.15) is 0 Å². The van der Waals surface area contributed by atoms with Gasteiger partial charge in [0.15, 0.2) is 0 Å². The van der Waals surface area contributed by atoms with Gasteiger partial charge in [-0.15, -0.1) is 0 Å². The fraction of sp³-hybridized carbons (Fsp3) is 0.630. The molecule has 208 valence electrons. The molecule has 10 nitrogen and oxygen atoms in total. The lowest BCUT2D eigenvalue weighted by atomic mass is 9.98. The molecule has 0 saturated carbocycles. The molecular formula is C27H43N3O7. The monoisotopic (exact) mass is 521 g/mol. The largest absolute Gasteiger partial charge is 0.508 e. The number of rotatable bonds is 13. The number of nitrogens with one attached hydrogen (secondary N) is 2. The molecule has 1 aromatic rings. The molecule has 0 radical (unpaired) electrons. The zero-order chi connectivity index (χ0) is 28.2. The number of alkyl carbamates (subject to hydrolysis) is 1. The molecule has 3 N–H and O–H groups in total. The number of carbonyl (C=O) groups is 4. The first-order chi connectivity index (χ1) is 17.3. The van der Waals surface area contributed by atoms with Gasteiger partial charge in [0, 0.05) is 12.1 Å². The van der Waals surface area contributed by atoms with Gasteiger partial charge in [-0.3, -0.25) is 14.4 Å². The van der Waals surface area contributed by atoms with Crippen LogP contribution >= 0.6 is 0 Å². The predicted molar refractivity (Wildman–Crippen MR) is 140 cm³/mol. The van der Waals surface area contributed by atoms with E-state index in [9.17, 15) is 24.3 Å². The lowest BCUT2D eigenvalue weighted by molar-refractivity contribution is -0.145. The third-order valence-corrected chi connectivity index (χ3v) is 5.41. The first-order valence-corrected chi connectivity index (χ1v) is 12.7. The van der Waals surface area contributed by atoms with E-state index in [2.05, 4.69) is 15.4 Å². The van der Waals surface area contributed by atoms with Gasteiger partial charge in [0.2, 0.25) is 11.8 Å². The average Bonchev–Trinajstić information content (AvgIpc) is 2.80. The minimum absolute atomic E-state index is 0.0399. The minimum atomic E-state index is -1.25. The summed E-state index contributed by atoms with van der Waals surface area (Å²) in [4.78, 5) is 53.1. The molecule has 0 heterocycles. The summed E-state index contributed by atoms with van der Waals surface area (Å²) in [5.74, 6) is -1.93. The molecule has 1 aromatic carbocycles. The predicted octanol–water partition coefficient (Wildman–Crippen LogP) is 3.68. The number of amides is 3. The molecule has 10 heteroatoms. The van der Waals surface area contributed by atoms with Crippen molar-refractivity contribution in [2.24, 2.45) is 5.92 Å². The van der Waals surface area contributed by atoms with Crippen molar-refractivity contribution in [1.82, 2.24) is 15.5 Å². The van der Waals surface area contributed by atoms with Crippen LogP contribution in [0.4, 0.5) is 4.79 Å². The Bertz CT molecular complexity index is 912. The second kappa shape index (κ2) is 15.1. The number of unbranched alkanes of at least 4 members (excludes halogenated alkanes) is 2. The Labute approximate surface area is 220 Å². The van der Waals surface area contributed by atoms with E-state index in [1.165, 1.54) is 18.1 Å². The molecule has 0 aliphatic heterocycles. The van der Waals surface area contributed by atoms with Gasteiger partial charge in [-0.25, -0.2) is 4.79 Å². The normalized spacial score (nSPS) is 12.9. The summed E-state index contributed by atoms with van der Waals surface area (Å²) in [7, 11) is 1.20. The molecule has 0 saturated heterocycles. The summed E-state index contributed by atoms with van der Waals surface area (Å²) in [5.41, 5.74) is -0.557. The number of methoxy groups -OCH3 is 1. The summed E-state index contributed by atoms with van der Waals surface area (Å²) in [6.07, 6.45) is 1.84. The summed E-state index contributed by atoms with van der Waals surface area (Å²) in [6.45, 7) is 10.8. The molecule has 37 heavy (non-hydrogen) atoms. The van der Waals surface area contributed by atoms with Crippen LogP contribution in [0.1, 0.15) is 78.8 Å². The Morgan fingerprint density at radius 2 is 1.73 bits per heavy atom. The first-order valence-electron chi connectivity index (χ1n) is 12.7. The number of phenolic OH excluding ortho intramolecular Hbond substituents is 1. The van der Waals surface area contributed by atoms with Crippen molar-refractivity contribution in [3.8, 4) is 5.75 Å². The number of carbonyl (C=O) groups excluding carboxylic acids is 4. The Kier molecular flexibility index (Phi) is 12.9. The van der Waals surface area contributed by atoms with E-state index in [-0.39, 0.29) is 23.8 Å². The van der Waals surface area contributed by atoms with Gasteiger partial charge in [-0.1, -0.05) is 51.8 Å². The van der Waals surface area contributed by atoms with Crippen LogP contribution in [0.5, 0.6) is 5.75 Å². The summed E-state index contributed by atoms with van der Waals surface area (Å²) in [5, 5.41) is 15.8. The topological polar surface area (TPSA) is 134 Å². The van der Waals surface area contributed by atoms with Crippen LogP contribution in [0.15, 0.2) is 24.3 Å². The summed E-state index contributed by atoms with van der Waals surface area (Å²) in [6, 6.07) is 4.01. The quantitative estimate of drug-likeness (QED) is 0.266. The molecule has 3 amide bonds. The molecular weight excluding hydrogens is 478 g/mol. The fourth-order valence-electron chi connectivity index (χ4n) is 3.74. The number of phenols is 1. The minimum Gasteiger partial charge on any atom is -0.508 e. The van der Waals surface area contributed by atoms with Gasteiger partial charge in [0.25, 0.3) is 0 Å². The van der Waals surface area contributed by atoms with Crippen LogP contribution in [-0.4, -0.2) is 65.7 Å². The van der Waals surface area contributed by atoms with Crippen molar-refractivity contribution in [2.75, 3.05) is 20.2 Å². The van der Waals surface area contributed by atoms with Gasteiger partial charge < -0.3 is 30.1 Å². The second-order valence-electron chi connectivity index (χ2n) is 10.3. The van der Waals surface area contributed by atoms with Crippen LogP contribution in [0.3, 0.4) is 0 Å². The molecule has 0 spiro atoms. The lowest BCUT2D eigenvalue weighted by Gasteiger charge is -2.35. The maximum atomic E-state index is 14.0. The zero-order valence-electron chi connectivity index (χ0n) is 23.1. The van der Waals surface area contributed by atoms with E-state index in [4.69, 9.17) is 4.74 Å². The molecule has 0 aromatic heterocycles. The van der Waals surface area contributed by atoms with Crippen molar-refractivity contribution in [2.45, 2.75) is 84.9 Å². The number of benzene rings is 1. The number of hydrogen-bond donors (Lipinski definition) is 3. The van der Waals surface area contributed by atoms with E-state index in [0.29, 0.717) is 12.8 Å². The third kappa shape index (κ3) is 11.1. The highest BCUT2D eigenvalue weighted by molar-refractivity contribution is 5.93. The van der Waals surface area contributed by atoms with E-state index >= 15 is 0 Å². The van der Waals surface area contributed by atoms with Gasteiger partial charge >= 0.3 is 12.1 Å². The van der Waals surface area contributed by atoms with Gasteiger partial charge in [0.1, 0.15) is 30.0 Å². The van der Waals surface area contributed by atoms with Gasteiger partial charge in [0.05, 0.1) is 7.11 Å². The highest BCUT2D eigenvalue weighted by Gasteiger charge is 2.37. The molecule has 0 bridgehead atoms. The second-order valence-corrected chi connectivity index (χ2v) is 10.3. The molecule has 0 aliphatic carbocycles. The number of para-hydroxylation sites is 1. The Hall–Kier alpha value is -3.30. The van der Waals surface area contributed by atoms with Crippen LogP contribution < -0.4 is 10.6 Å². The van der Waals surface area contributed by atoms with E-state index in [1.54, 1.807) is 39.0 Å². The Balaban J connectivity index is 3.49. The highest BCUT2D eigenvalue weighted by atomic mass is 16.6. The number of hydrogen-bond acceptors (Lipinski definition) is 7. The van der Waals surface area contributed by atoms with Crippen LogP contribution in [0.25, 0.3) is 0 Å². The van der Waals surface area contributed by atoms with E-state index in [1.807, 2.05) is 20.8 Å². The van der Waals surface area contributed by atoms with E-state index < -0.39 is 48.1 Å². The maximum Gasteiger partial charge on any atom is 0.408 e. The van der Waals surface area contributed by atoms with Crippen LogP contribution in [0.2, 0.25) is 0 Å². The Morgan fingerprint density at radius 3 is 2.27 bits per heavy atom. The van der Waals surface area contributed by atoms with Crippen LogP contribution in [0, 0.1) is 5.92 Å². The Morgan fingerprint density at radius 1 is 1.08 bits per heavy atom. The smallest absolute Gasteiger partial charge is 0.408 e. The SMILES string of the molecule is CCCCCN(C(=O)C(CC(C)C)NC(=O)OC(C)(C)C)C(C(=O)NCC(=O)OC)c1ccccc1O. The van der Waals surface area contributed by atoms with Crippen molar-refractivity contribution in [1.29, 1.82) is 0 Å². The number of esters is 1. The molecule has 2 atom stereocenters. The van der Waals surface area contributed by atoms with Gasteiger partial charge in [-0.05, 0) is 45.6 Å². The standard InChI is InChI=1S/C27H43N3O7/c1-8-9-12-15-30(25(34)20(16-18(2)3)29-26(35)37-27(4,5)6)23(19-13-10-11-14-21(19)31)24(33)28-17-22(32)36-7/h10-11,13-14,18,20,23,31H,8-9,12,15-17H2,1-7H3,(H,28,33)(H,29,35). The number of nitrogens with zero attached hydrogens (tertiary/aromatic N) is 1. The molecule has 0 aliphatic rings. The summed E-state index contributed by atoms with van der Waals surface area (Å²) < 4.78 is 9.99. The molecule has 2 unspecified atom stereocenters. The lowest BCUT2D eigenvalue weighted by Crippen LogP contribution is -2.54. The van der Waals surface area contributed by atoms with E-state index in [0.717, 1.165) is 12.8 Å². The maximum absolute atomic E-state index is 14.0. The number of aromatic hydroxyl groups is 1. The number of ether oxygens (including phenoxy) is 2. The van der Waals surface area contributed by atoms with Crippen molar-refractivity contribution >= 4 is 23.9 Å². The first kappa shape index (κ1) is 31.7. The molecule has 1 rings (SSSR count). The zero-order valence-corrected chi connectivity index (χ0v) is 23.1. The third-order valence-electron chi connectivity index (χ3n) is 5.41. The summed E-state index contributed by atoms with van der Waals surface area (Å²) >= 11 is 0. The highest BCUT2D eigenvalue weighted by Crippen LogP contribution is 2.30.